The Hall–Kier alpha value is -3.62. The summed E-state index contributed by atoms with van der Waals surface area (Å²) in [6.45, 7) is 2.73. The summed E-state index contributed by atoms with van der Waals surface area (Å²) in [4.78, 5) is 39.0. The van der Waals surface area contributed by atoms with Crippen LogP contribution in [0, 0.1) is 12.7 Å². The Kier molecular flexibility index (Phi) is 5.39. The second-order valence-electron chi connectivity index (χ2n) is 8.67. The van der Waals surface area contributed by atoms with Crippen LogP contribution in [0.4, 0.5) is 10.2 Å². The summed E-state index contributed by atoms with van der Waals surface area (Å²) >= 11 is 0. The summed E-state index contributed by atoms with van der Waals surface area (Å²) in [6.07, 6.45) is 6.13. The molecule has 9 heteroatoms. The van der Waals surface area contributed by atoms with Gasteiger partial charge < -0.3 is 4.90 Å². The third kappa shape index (κ3) is 3.99. The minimum Gasteiger partial charge on any atom is -0.328 e. The molecule has 1 fully saturated rings. The zero-order chi connectivity index (χ0) is 23.1. The molecule has 170 valence electrons. The zero-order valence-corrected chi connectivity index (χ0v) is 18.7. The normalized spacial score (nSPS) is 18.0. The molecule has 3 aromatic rings. The fourth-order valence-electron chi connectivity index (χ4n) is 4.67. The standard InChI is InChI=1S/C24H25FN6O2/c1-15-19-11-21(32)31(13-16-6-5-7-18(25)10-16)23(19)28-22(27-15)20-8-3-4-9-30(20)24(33)17-12-26-29(2)14-17/h5-7,10,12,14,20H,3-4,8-9,11,13H2,1-2H3/t20-/m0/s1. The van der Waals surface area contributed by atoms with Gasteiger partial charge in [-0.05, 0) is 43.9 Å². The van der Waals surface area contributed by atoms with Crippen LogP contribution in [0.3, 0.4) is 0 Å². The number of amides is 2. The van der Waals surface area contributed by atoms with E-state index in [9.17, 15) is 14.0 Å². The highest BCUT2D eigenvalue weighted by Gasteiger charge is 2.36. The van der Waals surface area contributed by atoms with Gasteiger partial charge in [0.05, 0.1) is 30.8 Å². The summed E-state index contributed by atoms with van der Waals surface area (Å²) in [5.74, 6) is 0.580. The van der Waals surface area contributed by atoms with Gasteiger partial charge in [0.2, 0.25) is 5.91 Å². The SMILES string of the molecule is Cc1nc([C@@H]2CCCCN2C(=O)c2cnn(C)c2)nc2c1CC(=O)N2Cc1cccc(F)c1. The maximum absolute atomic E-state index is 13.7. The van der Waals surface area contributed by atoms with Crippen molar-refractivity contribution in [3.05, 3.63) is 70.7 Å². The van der Waals surface area contributed by atoms with Gasteiger partial charge in [0.25, 0.3) is 5.91 Å². The molecule has 0 radical (unpaired) electrons. The molecule has 0 N–H and O–H groups in total. The predicted octanol–water partition coefficient (Wildman–Crippen LogP) is 3.11. The van der Waals surface area contributed by atoms with Gasteiger partial charge in [0.15, 0.2) is 5.82 Å². The molecule has 0 aliphatic carbocycles. The van der Waals surface area contributed by atoms with E-state index < -0.39 is 0 Å². The highest BCUT2D eigenvalue weighted by atomic mass is 19.1. The smallest absolute Gasteiger partial charge is 0.257 e. The maximum Gasteiger partial charge on any atom is 0.257 e. The Morgan fingerprint density at radius 3 is 2.85 bits per heavy atom. The molecule has 1 saturated heterocycles. The van der Waals surface area contributed by atoms with Crippen LogP contribution in [-0.4, -0.2) is 43.0 Å². The number of hydrogen-bond acceptors (Lipinski definition) is 5. The molecule has 0 saturated carbocycles. The Bertz CT molecular complexity index is 1240. The summed E-state index contributed by atoms with van der Waals surface area (Å²) in [7, 11) is 1.78. The molecule has 8 nitrogen and oxygen atoms in total. The van der Waals surface area contributed by atoms with E-state index in [2.05, 4.69) is 5.10 Å². The van der Waals surface area contributed by atoms with E-state index in [1.54, 1.807) is 41.2 Å². The van der Waals surface area contributed by atoms with Crippen molar-refractivity contribution >= 4 is 17.6 Å². The third-order valence-corrected chi connectivity index (χ3v) is 6.34. The van der Waals surface area contributed by atoms with Crippen LogP contribution < -0.4 is 4.90 Å². The third-order valence-electron chi connectivity index (χ3n) is 6.34. The molecule has 2 aliphatic heterocycles. The molecular weight excluding hydrogens is 423 g/mol. The fraction of sp³-hybridized carbons (Fsp3) is 0.375. The molecule has 1 aromatic carbocycles. The molecule has 2 aliphatic rings. The van der Waals surface area contributed by atoms with Crippen LogP contribution >= 0.6 is 0 Å². The second-order valence-corrected chi connectivity index (χ2v) is 8.67. The first-order valence-electron chi connectivity index (χ1n) is 11.1. The number of benzene rings is 1. The molecule has 5 rings (SSSR count). The zero-order valence-electron chi connectivity index (χ0n) is 18.7. The summed E-state index contributed by atoms with van der Waals surface area (Å²) in [6, 6.07) is 5.95. The lowest BCUT2D eigenvalue weighted by Crippen LogP contribution is -2.39. The number of halogens is 1. The van der Waals surface area contributed by atoms with E-state index in [4.69, 9.17) is 9.97 Å². The number of aryl methyl sites for hydroxylation is 2. The molecule has 2 aromatic heterocycles. The number of anilines is 1. The van der Waals surface area contributed by atoms with Crippen molar-refractivity contribution in [2.24, 2.45) is 7.05 Å². The second kappa shape index (κ2) is 8.38. The van der Waals surface area contributed by atoms with E-state index in [-0.39, 0.29) is 36.6 Å². The van der Waals surface area contributed by atoms with Crippen LogP contribution in [0.15, 0.2) is 36.7 Å². The number of rotatable bonds is 4. The first kappa shape index (κ1) is 21.2. The van der Waals surface area contributed by atoms with Gasteiger partial charge in [-0.1, -0.05) is 12.1 Å². The average Bonchev–Trinajstić information content (AvgIpc) is 3.37. The minimum atomic E-state index is -0.342. The van der Waals surface area contributed by atoms with Crippen LogP contribution in [0.25, 0.3) is 0 Å². The number of hydrogen-bond donors (Lipinski definition) is 0. The van der Waals surface area contributed by atoms with Crippen molar-refractivity contribution in [1.29, 1.82) is 0 Å². The van der Waals surface area contributed by atoms with Crippen molar-refractivity contribution in [3.63, 3.8) is 0 Å². The van der Waals surface area contributed by atoms with Crippen LogP contribution in [0.5, 0.6) is 0 Å². The monoisotopic (exact) mass is 448 g/mol. The van der Waals surface area contributed by atoms with Gasteiger partial charge in [-0.3, -0.25) is 19.2 Å². The number of aromatic nitrogens is 4. The van der Waals surface area contributed by atoms with E-state index in [1.807, 2.05) is 11.8 Å². The minimum absolute atomic E-state index is 0.0873. The van der Waals surface area contributed by atoms with Gasteiger partial charge >= 0.3 is 0 Å². The maximum atomic E-state index is 13.7. The number of carbonyl (C=O) groups is 2. The Labute approximate surface area is 191 Å². The first-order chi connectivity index (χ1) is 15.9. The van der Waals surface area contributed by atoms with Gasteiger partial charge in [-0.2, -0.15) is 5.10 Å². The lowest BCUT2D eigenvalue weighted by Gasteiger charge is -2.35. The van der Waals surface area contributed by atoms with E-state index in [1.165, 1.54) is 12.1 Å². The van der Waals surface area contributed by atoms with E-state index in [0.29, 0.717) is 29.3 Å². The summed E-state index contributed by atoms with van der Waals surface area (Å²) < 4.78 is 15.3. The lowest BCUT2D eigenvalue weighted by atomic mass is 10.00. The molecule has 0 spiro atoms. The first-order valence-corrected chi connectivity index (χ1v) is 11.1. The van der Waals surface area contributed by atoms with Gasteiger partial charge in [-0.15, -0.1) is 0 Å². The average molecular weight is 449 g/mol. The lowest BCUT2D eigenvalue weighted by molar-refractivity contribution is -0.117. The number of carbonyl (C=O) groups excluding carboxylic acids is 2. The number of piperidine rings is 1. The molecule has 33 heavy (non-hydrogen) atoms. The number of nitrogens with zero attached hydrogens (tertiary/aromatic N) is 6. The van der Waals surface area contributed by atoms with Crippen molar-refractivity contribution in [3.8, 4) is 0 Å². The van der Waals surface area contributed by atoms with Crippen LogP contribution in [-0.2, 0) is 24.8 Å². The highest BCUT2D eigenvalue weighted by Crippen LogP contribution is 2.35. The Morgan fingerprint density at radius 1 is 1.24 bits per heavy atom. The van der Waals surface area contributed by atoms with Crippen LogP contribution in [0.2, 0.25) is 0 Å². The molecule has 2 amide bonds. The van der Waals surface area contributed by atoms with E-state index in [0.717, 1.165) is 30.5 Å². The summed E-state index contributed by atoms with van der Waals surface area (Å²) in [5, 5.41) is 4.12. The molecule has 4 heterocycles. The summed E-state index contributed by atoms with van der Waals surface area (Å²) in [5.41, 5.74) is 2.76. The topological polar surface area (TPSA) is 84.2 Å². The Morgan fingerprint density at radius 2 is 2.09 bits per heavy atom. The number of likely N-dealkylation sites (tertiary alicyclic amines) is 1. The Balaban J connectivity index is 1.49. The van der Waals surface area contributed by atoms with Crippen molar-refractivity contribution in [2.45, 2.75) is 45.2 Å². The molecular formula is C24H25FN6O2. The number of fused-ring (bicyclic) bond motifs is 1. The van der Waals surface area contributed by atoms with Crippen molar-refractivity contribution in [1.82, 2.24) is 24.6 Å². The molecule has 0 bridgehead atoms. The predicted molar refractivity (Wildman–Crippen MR) is 119 cm³/mol. The van der Waals surface area contributed by atoms with Gasteiger partial charge in [-0.25, -0.2) is 14.4 Å². The molecule has 1 atom stereocenters. The molecule has 0 unspecified atom stereocenters. The van der Waals surface area contributed by atoms with Gasteiger partial charge in [0.1, 0.15) is 11.6 Å². The van der Waals surface area contributed by atoms with Gasteiger partial charge in [0, 0.05) is 31.0 Å². The van der Waals surface area contributed by atoms with Crippen molar-refractivity contribution < 1.29 is 14.0 Å². The van der Waals surface area contributed by atoms with Crippen LogP contribution in [0.1, 0.15) is 58.3 Å². The fourth-order valence-corrected chi connectivity index (χ4v) is 4.67. The van der Waals surface area contributed by atoms with Crippen molar-refractivity contribution in [2.75, 3.05) is 11.4 Å². The van der Waals surface area contributed by atoms with E-state index >= 15 is 0 Å². The quantitative estimate of drug-likeness (QED) is 0.612. The largest absolute Gasteiger partial charge is 0.328 e. The highest BCUT2D eigenvalue weighted by molar-refractivity contribution is 6.00.